The summed E-state index contributed by atoms with van der Waals surface area (Å²) in [6.45, 7) is 8.31. The topological polar surface area (TPSA) is 77.7 Å². The molecule has 6 aromatic carbocycles. The van der Waals surface area contributed by atoms with Crippen molar-refractivity contribution >= 4 is 34.5 Å². The second kappa shape index (κ2) is 28.5. The van der Waals surface area contributed by atoms with Gasteiger partial charge < -0.3 is 18.9 Å². The molecule has 2 fully saturated rings. The molecule has 8 rings (SSSR count). The van der Waals surface area contributed by atoms with Crippen LogP contribution in [0.3, 0.4) is 0 Å². The summed E-state index contributed by atoms with van der Waals surface area (Å²) in [7, 11) is 0. The van der Waals surface area contributed by atoms with E-state index in [2.05, 4.69) is 219 Å². The summed E-state index contributed by atoms with van der Waals surface area (Å²) in [5.41, 5.74) is 6.01. The minimum absolute atomic E-state index is 0. The number of rotatable bonds is 27. The molecular weight excluding hydrogens is 1020 g/mol. The third kappa shape index (κ3) is 15.7. The normalized spacial score (nSPS) is 18.7. The van der Waals surface area contributed by atoms with Crippen molar-refractivity contribution in [2.24, 2.45) is 10.8 Å². The number of halogens is 1. The van der Waals surface area contributed by atoms with Gasteiger partial charge in [0.15, 0.2) is 0 Å². The van der Waals surface area contributed by atoms with E-state index in [9.17, 15) is 9.59 Å². The molecule has 2 aliphatic heterocycles. The van der Waals surface area contributed by atoms with Crippen LogP contribution in [-0.4, -0.2) is 55.0 Å². The molecule has 0 aromatic heterocycles. The van der Waals surface area contributed by atoms with E-state index in [1.165, 1.54) is 27.8 Å². The zero-order valence-corrected chi connectivity index (χ0v) is 43.4. The van der Waals surface area contributed by atoms with Crippen LogP contribution >= 0.6 is 22.6 Å². The predicted molar refractivity (Wildman–Crippen MR) is 310 cm³/mol. The number of ether oxygens (including phenoxy) is 4. The lowest BCUT2D eigenvalue weighted by Gasteiger charge is -2.38. The van der Waals surface area contributed by atoms with Crippen molar-refractivity contribution < 1.29 is 28.5 Å². The largest absolute Gasteiger partial charge is 0.462 e. The third-order valence-electron chi connectivity index (χ3n) is 15.5. The Morgan fingerprint density at radius 3 is 1.12 bits per heavy atom. The highest BCUT2D eigenvalue weighted by Crippen LogP contribution is 2.50. The molecule has 10 atom stereocenters. The average molecular weight is 1100 g/mol. The minimum atomic E-state index is -0.772. The summed E-state index contributed by atoms with van der Waals surface area (Å²) < 4.78 is 23.7. The van der Waals surface area contributed by atoms with Gasteiger partial charge in [0.2, 0.25) is 0 Å². The van der Waals surface area contributed by atoms with Crippen LogP contribution in [0, 0.1) is 10.8 Å². The molecule has 0 aliphatic carbocycles. The fourth-order valence-electron chi connectivity index (χ4n) is 11.1. The highest BCUT2D eigenvalue weighted by molar-refractivity contribution is 14.1. The SMILES string of the molecule is C.C.C.CCC(c1ccccc1)C(C)(CCC(CC(CC(CC(CC(c1ccccc1)C(C)(CI)C(=O)OCC1CO1)c1ccccc1)c1ccccc1)c1ccccc1)c1ccccc1)C(=O)OCC1CO1. The Morgan fingerprint density at radius 1 is 0.479 bits per heavy atom. The van der Waals surface area contributed by atoms with Gasteiger partial charge in [0, 0.05) is 10.3 Å². The second-order valence-electron chi connectivity index (χ2n) is 20.3. The first-order valence-corrected chi connectivity index (χ1v) is 27.1. The van der Waals surface area contributed by atoms with E-state index < -0.39 is 10.8 Å². The van der Waals surface area contributed by atoms with E-state index >= 15 is 0 Å². The molecule has 7 heteroatoms. The molecule has 2 aliphatic rings. The van der Waals surface area contributed by atoms with Crippen molar-refractivity contribution in [3.63, 3.8) is 0 Å². The number of benzene rings is 6. The van der Waals surface area contributed by atoms with Crippen molar-refractivity contribution in [1.29, 1.82) is 0 Å². The van der Waals surface area contributed by atoms with Crippen LogP contribution in [0.5, 0.6) is 0 Å². The van der Waals surface area contributed by atoms with Gasteiger partial charge in [0.25, 0.3) is 0 Å². The number of carbonyl (C=O) groups is 2. The molecule has 0 amide bonds. The summed E-state index contributed by atoms with van der Waals surface area (Å²) in [5.74, 6) is 0.245. The van der Waals surface area contributed by atoms with E-state index in [1.54, 1.807) is 0 Å². The van der Waals surface area contributed by atoms with Crippen molar-refractivity contribution in [2.45, 2.75) is 136 Å². The lowest BCUT2D eigenvalue weighted by atomic mass is 9.66. The van der Waals surface area contributed by atoms with Crippen LogP contribution in [0.25, 0.3) is 0 Å². The quantitative estimate of drug-likeness (QED) is 0.0221. The van der Waals surface area contributed by atoms with Gasteiger partial charge in [-0.15, -0.1) is 0 Å². The van der Waals surface area contributed by atoms with Crippen LogP contribution in [0.15, 0.2) is 182 Å². The summed E-state index contributed by atoms with van der Waals surface area (Å²) in [5, 5.41) is 0. The van der Waals surface area contributed by atoms with Gasteiger partial charge in [-0.25, -0.2) is 0 Å². The van der Waals surface area contributed by atoms with Gasteiger partial charge in [-0.3, -0.25) is 9.59 Å². The molecule has 6 nitrogen and oxygen atoms in total. The molecule has 10 unspecified atom stereocenters. The van der Waals surface area contributed by atoms with E-state index in [1.807, 2.05) is 6.07 Å². The lowest BCUT2D eigenvalue weighted by Crippen LogP contribution is -2.39. The molecule has 0 N–H and O–H groups in total. The van der Waals surface area contributed by atoms with E-state index in [0.29, 0.717) is 37.3 Å². The van der Waals surface area contributed by atoms with Crippen LogP contribution in [0.1, 0.15) is 157 Å². The Morgan fingerprint density at radius 2 is 0.781 bits per heavy atom. The van der Waals surface area contributed by atoms with Gasteiger partial charge in [-0.1, -0.05) is 234 Å². The van der Waals surface area contributed by atoms with Crippen molar-refractivity contribution in [1.82, 2.24) is 0 Å². The summed E-state index contributed by atoms with van der Waals surface area (Å²) in [6.07, 6.45) is 5.81. The number of carbonyl (C=O) groups excluding carboxylic acids is 2. The number of epoxide rings is 2. The third-order valence-corrected chi connectivity index (χ3v) is 17.1. The molecule has 73 heavy (non-hydrogen) atoms. The van der Waals surface area contributed by atoms with Crippen LogP contribution in [0.4, 0.5) is 0 Å². The highest BCUT2D eigenvalue weighted by Gasteiger charge is 2.46. The summed E-state index contributed by atoms with van der Waals surface area (Å²) >= 11 is 2.40. The maximum atomic E-state index is 14.5. The molecule has 6 aromatic rings. The van der Waals surface area contributed by atoms with Crippen molar-refractivity contribution in [3.8, 4) is 0 Å². The predicted octanol–water partition coefficient (Wildman–Crippen LogP) is 16.7. The van der Waals surface area contributed by atoms with Crippen LogP contribution in [0.2, 0.25) is 0 Å². The maximum absolute atomic E-state index is 14.5. The van der Waals surface area contributed by atoms with Crippen molar-refractivity contribution in [3.05, 3.63) is 215 Å². The number of hydrogen-bond donors (Lipinski definition) is 0. The van der Waals surface area contributed by atoms with E-state index in [4.69, 9.17) is 18.9 Å². The van der Waals surface area contributed by atoms with E-state index in [-0.39, 0.29) is 81.9 Å². The fraction of sp³-hybridized carbons (Fsp3) is 0.424. The molecule has 0 bridgehead atoms. The summed E-state index contributed by atoms with van der Waals surface area (Å²) in [6, 6.07) is 65.2. The summed E-state index contributed by atoms with van der Waals surface area (Å²) in [4.78, 5) is 28.9. The standard InChI is InChI=1S/C63H71IO6.3CH4/c1-4-58(50-31-19-9-20-32-50)62(2,60(65)69-43-56-41-67-56)36-35-52(46-23-11-5-12-24-46)37-53(47-25-13-6-14-26-47)38-54(48-27-15-7-16-28-48)39-55(49-29-17-8-18-30-49)40-59(51-33-21-10-22-34-51)63(3,45-64)61(66)70-44-57-42-68-57;;;/h5-34,52-59H,4,35-45H2,1-3H3;3*1H4. The average Bonchev–Trinajstić information content (AvgIpc) is 4.38. The Kier molecular flexibility index (Phi) is 23.0. The van der Waals surface area contributed by atoms with Gasteiger partial charge in [-0.2, -0.15) is 0 Å². The van der Waals surface area contributed by atoms with Gasteiger partial charge in [-0.05, 0) is 122 Å². The Labute approximate surface area is 453 Å². The van der Waals surface area contributed by atoms with Gasteiger partial charge >= 0.3 is 11.9 Å². The maximum Gasteiger partial charge on any atom is 0.313 e. The monoisotopic (exact) mass is 1100 g/mol. The number of alkyl halides is 1. The second-order valence-corrected chi connectivity index (χ2v) is 21.1. The Bertz CT molecular complexity index is 2480. The van der Waals surface area contributed by atoms with Gasteiger partial charge in [0.1, 0.15) is 25.4 Å². The fourth-order valence-corrected chi connectivity index (χ4v) is 12.0. The zero-order chi connectivity index (χ0) is 48.8. The number of hydrogen-bond acceptors (Lipinski definition) is 6. The van der Waals surface area contributed by atoms with Gasteiger partial charge in [0.05, 0.1) is 24.0 Å². The molecular formula is C66H83IO6. The lowest BCUT2D eigenvalue weighted by molar-refractivity contribution is -0.158. The first-order chi connectivity index (χ1) is 34.2. The Hall–Kier alpha value is -5.09. The first-order valence-electron chi connectivity index (χ1n) is 25.6. The molecule has 390 valence electrons. The highest BCUT2D eigenvalue weighted by atomic mass is 127. The molecule has 2 saturated heterocycles. The van der Waals surface area contributed by atoms with Crippen LogP contribution in [-0.2, 0) is 28.5 Å². The smallest absolute Gasteiger partial charge is 0.313 e. The minimum Gasteiger partial charge on any atom is -0.462 e. The molecule has 2 heterocycles. The Balaban J connectivity index is 0.00000329. The van der Waals surface area contributed by atoms with E-state index in [0.717, 1.165) is 44.1 Å². The molecule has 0 radical (unpaired) electrons. The van der Waals surface area contributed by atoms with Crippen LogP contribution < -0.4 is 0 Å². The molecule has 0 spiro atoms. The van der Waals surface area contributed by atoms with Crippen molar-refractivity contribution in [2.75, 3.05) is 30.9 Å². The zero-order valence-electron chi connectivity index (χ0n) is 41.3. The number of esters is 2. The first kappa shape index (κ1) is 58.8. The molecule has 0 saturated carbocycles.